The van der Waals surface area contributed by atoms with Crippen LogP contribution in [0, 0.1) is 0 Å². The van der Waals surface area contributed by atoms with Gasteiger partial charge >= 0.3 is 0 Å². The summed E-state index contributed by atoms with van der Waals surface area (Å²) in [5.41, 5.74) is 6.33. The van der Waals surface area contributed by atoms with Crippen molar-refractivity contribution in [3.63, 3.8) is 0 Å². The fraction of sp³-hybridized carbons (Fsp3) is 0. The molecule has 0 amide bonds. The monoisotopic (exact) mass is 674 g/mol. The molecule has 0 aliphatic heterocycles. The molecule has 0 saturated carbocycles. The van der Waals surface area contributed by atoms with Crippen LogP contribution in [0.1, 0.15) is 0 Å². The predicted octanol–water partition coefficient (Wildman–Crippen LogP) is 12.6. The summed E-state index contributed by atoms with van der Waals surface area (Å²) < 4.78 is 2.41. The van der Waals surface area contributed by atoms with Gasteiger partial charge in [-0.3, -0.25) is 0 Å². The van der Waals surface area contributed by atoms with E-state index in [0.29, 0.717) is 17.5 Å². The molecule has 0 bridgehead atoms. The molecule has 0 fully saturated rings. The first-order chi connectivity index (χ1) is 26.2. The maximum atomic E-state index is 5.22. The highest BCUT2D eigenvalue weighted by molar-refractivity contribution is 6.15. The Labute approximate surface area is 305 Å². The third-order valence-corrected chi connectivity index (χ3v) is 10.6. The lowest BCUT2D eigenvalue weighted by atomic mass is 10.0. The fourth-order valence-corrected chi connectivity index (χ4v) is 8.00. The number of benzene rings is 9. The topological polar surface area (TPSA) is 43.6 Å². The van der Waals surface area contributed by atoms with Gasteiger partial charge in [-0.05, 0) is 80.2 Å². The molecule has 0 radical (unpaired) electrons. The maximum Gasteiger partial charge on any atom is 0.164 e. The Morgan fingerprint density at radius 3 is 1.43 bits per heavy atom. The van der Waals surface area contributed by atoms with Crippen LogP contribution in [0.25, 0.3) is 105 Å². The van der Waals surface area contributed by atoms with E-state index in [2.05, 4.69) is 187 Å². The van der Waals surface area contributed by atoms with E-state index in [1.165, 1.54) is 43.4 Å². The first-order valence-corrected chi connectivity index (χ1v) is 17.9. The molecule has 246 valence electrons. The van der Waals surface area contributed by atoms with Crippen LogP contribution < -0.4 is 0 Å². The fourth-order valence-electron chi connectivity index (χ4n) is 8.00. The second-order valence-corrected chi connectivity index (χ2v) is 13.7. The minimum atomic E-state index is 0.641. The van der Waals surface area contributed by atoms with E-state index in [-0.39, 0.29) is 0 Å². The summed E-state index contributed by atoms with van der Waals surface area (Å²) in [6.45, 7) is 0. The molecule has 11 rings (SSSR count). The summed E-state index contributed by atoms with van der Waals surface area (Å²) in [6.07, 6.45) is 0. The lowest BCUT2D eigenvalue weighted by Crippen LogP contribution is -2.02. The molecular weight excluding hydrogens is 645 g/mol. The summed E-state index contributed by atoms with van der Waals surface area (Å²) in [5.74, 6) is 1.93. The van der Waals surface area contributed by atoms with Crippen LogP contribution in [-0.4, -0.2) is 19.5 Å². The second kappa shape index (κ2) is 11.7. The zero-order valence-corrected chi connectivity index (χ0v) is 28.6. The van der Waals surface area contributed by atoms with Gasteiger partial charge in [-0.15, -0.1) is 0 Å². The Hall–Kier alpha value is -7.17. The molecule has 53 heavy (non-hydrogen) atoms. The number of nitrogens with zero attached hydrogens (tertiary/aromatic N) is 4. The Balaban J connectivity index is 1.16. The van der Waals surface area contributed by atoms with Gasteiger partial charge in [0.1, 0.15) is 0 Å². The average Bonchev–Trinajstić information content (AvgIpc) is 3.54. The highest BCUT2D eigenvalue weighted by atomic mass is 15.0. The van der Waals surface area contributed by atoms with Crippen LogP contribution in [0.2, 0.25) is 0 Å². The third-order valence-electron chi connectivity index (χ3n) is 10.6. The molecule has 11 aromatic rings. The Kier molecular flexibility index (Phi) is 6.52. The predicted molar refractivity (Wildman–Crippen MR) is 220 cm³/mol. The first kappa shape index (κ1) is 29.5. The number of hydrogen-bond acceptors (Lipinski definition) is 3. The molecule has 0 unspecified atom stereocenters. The summed E-state index contributed by atoms with van der Waals surface area (Å²) in [5, 5.41) is 11.8. The van der Waals surface area contributed by atoms with E-state index in [0.717, 1.165) is 43.9 Å². The van der Waals surface area contributed by atoms with Crippen molar-refractivity contribution in [2.75, 3.05) is 0 Å². The highest BCUT2D eigenvalue weighted by Crippen LogP contribution is 2.39. The smallest absolute Gasteiger partial charge is 0.164 e. The van der Waals surface area contributed by atoms with Gasteiger partial charge in [0.2, 0.25) is 0 Å². The van der Waals surface area contributed by atoms with Gasteiger partial charge in [-0.1, -0.05) is 140 Å². The molecule has 0 aliphatic carbocycles. The van der Waals surface area contributed by atoms with Crippen molar-refractivity contribution in [2.45, 2.75) is 0 Å². The van der Waals surface area contributed by atoms with Crippen molar-refractivity contribution in [1.82, 2.24) is 19.5 Å². The highest BCUT2D eigenvalue weighted by Gasteiger charge is 2.19. The Bertz CT molecular complexity index is 3150. The lowest BCUT2D eigenvalue weighted by Gasteiger charge is -2.15. The number of hydrogen-bond donors (Lipinski definition) is 0. The molecule has 4 heteroatoms. The average molecular weight is 675 g/mol. The van der Waals surface area contributed by atoms with Crippen molar-refractivity contribution in [3.8, 4) is 39.9 Å². The van der Waals surface area contributed by atoms with Crippen LogP contribution in [0.15, 0.2) is 182 Å². The van der Waals surface area contributed by atoms with Gasteiger partial charge in [0.05, 0.1) is 16.7 Å². The van der Waals surface area contributed by atoms with E-state index in [4.69, 9.17) is 15.0 Å². The molecule has 0 saturated heterocycles. The van der Waals surface area contributed by atoms with Crippen LogP contribution >= 0.6 is 0 Å². The van der Waals surface area contributed by atoms with Gasteiger partial charge in [-0.25, -0.2) is 15.0 Å². The third kappa shape index (κ3) is 4.80. The van der Waals surface area contributed by atoms with Crippen LogP contribution in [0.5, 0.6) is 0 Å². The minimum absolute atomic E-state index is 0.641. The molecule has 0 spiro atoms. The van der Waals surface area contributed by atoms with Crippen molar-refractivity contribution in [2.24, 2.45) is 0 Å². The Morgan fingerprint density at radius 1 is 0.302 bits per heavy atom. The molecular formula is C49H30N4. The van der Waals surface area contributed by atoms with Gasteiger partial charge in [0.15, 0.2) is 17.5 Å². The normalized spacial score (nSPS) is 11.8. The molecule has 4 nitrogen and oxygen atoms in total. The molecule has 0 atom stereocenters. The maximum absolute atomic E-state index is 5.22. The summed E-state index contributed by atoms with van der Waals surface area (Å²) in [4.78, 5) is 15.6. The van der Waals surface area contributed by atoms with Crippen LogP contribution in [-0.2, 0) is 0 Å². The minimum Gasteiger partial charge on any atom is -0.309 e. The lowest BCUT2D eigenvalue weighted by molar-refractivity contribution is 1.08. The molecule has 0 aliphatic rings. The standard InChI is InChI=1S/C49H30N4/c1-3-13-33-27-37(23-21-31(33)11-1)47-50-48(38-24-22-32-12-2-4-14-34(32)28-38)52-49(51-47)42-25-26-45(40-18-8-7-17-39(40)42)53-44-20-10-9-19-41(44)43-29-35-15-5-6-16-36(35)30-46(43)53/h1-30H. The molecule has 2 heterocycles. The summed E-state index contributed by atoms with van der Waals surface area (Å²) in [6, 6.07) is 64.6. The van der Waals surface area contributed by atoms with E-state index in [1.807, 2.05) is 0 Å². The number of aromatic nitrogens is 4. The van der Waals surface area contributed by atoms with E-state index in [1.54, 1.807) is 0 Å². The van der Waals surface area contributed by atoms with Gasteiger partial charge in [0, 0.05) is 32.8 Å². The van der Waals surface area contributed by atoms with Gasteiger partial charge in [-0.2, -0.15) is 0 Å². The van der Waals surface area contributed by atoms with E-state index >= 15 is 0 Å². The van der Waals surface area contributed by atoms with E-state index < -0.39 is 0 Å². The number of fused-ring (bicyclic) bond motifs is 7. The van der Waals surface area contributed by atoms with Crippen molar-refractivity contribution < 1.29 is 0 Å². The molecule has 9 aromatic carbocycles. The summed E-state index contributed by atoms with van der Waals surface area (Å²) >= 11 is 0. The zero-order valence-electron chi connectivity index (χ0n) is 28.6. The largest absolute Gasteiger partial charge is 0.309 e. The second-order valence-electron chi connectivity index (χ2n) is 13.7. The van der Waals surface area contributed by atoms with Crippen LogP contribution in [0.3, 0.4) is 0 Å². The first-order valence-electron chi connectivity index (χ1n) is 17.9. The Morgan fingerprint density at radius 2 is 0.792 bits per heavy atom. The van der Waals surface area contributed by atoms with Crippen molar-refractivity contribution in [1.29, 1.82) is 0 Å². The SMILES string of the molecule is c1ccc2cc(-c3nc(-c4ccc5ccccc5c4)nc(-c4ccc(-n5c6ccccc6c6cc7ccccc7cc65)c5ccccc45)n3)ccc2c1. The van der Waals surface area contributed by atoms with Gasteiger partial charge in [0.25, 0.3) is 0 Å². The van der Waals surface area contributed by atoms with Crippen LogP contribution in [0.4, 0.5) is 0 Å². The quantitative estimate of drug-likeness (QED) is 0.187. The molecule has 2 aromatic heterocycles. The number of rotatable bonds is 4. The molecule has 0 N–H and O–H groups in total. The zero-order chi connectivity index (χ0) is 34.9. The van der Waals surface area contributed by atoms with E-state index in [9.17, 15) is 0 Å². The summed E-state index contributed by atoms with van der Waals surface area (Å²) in [7, 11) is 0. The number of para-hydroxylation sites is 1. The van der Waals surface area contributed by atoms with Gasteiger partial charge < -0.3 is 4.57 Å². The van der Waals surface area contributed by atoms with Crippen molar-refractivity contribution >= 4 is 64.9 Å². The van der Waals surface area contributed by atoms with Crippen molar-refractivity contribution in [3.05, 3.63) is 182 Å².